The van der Waals surface area contributed by atoms with E-state index < -0.39 is 5.97 Å². The molecule has 3 aromatic rings. The van der Waals surface area contributed by atoms with Gasteiger partial charge in [0.05, 0.1) is 18.5 Å². The number of methoxy groups -OCH3 is 1. The number of ether oxygens (including phenoxy) is 2. The molecule has 1 N–H and O–H groups in total. The number of carbonyl (C=O) groups is 1. The molecule has 3 aromatic heterocycles. The number of hydrogen-bond acceptors (Lipinski definition) is 7. The number of hydrogen-bond donors (Lipinski definition) is 1. The summed E-state index contributed by atoms with van der Waals surface area (Å²) in [5, 5.41) is 3.97. The molecule has 0 spiro atoms. The summed E-state index contributed by atoms with van der Waals surface area (Å²) in [5.41, 5.74) is 2.35. The summed E-state index contributed by atoms with van der Waals surface area (Å²) in [6.07, 6.45) is 3.30. The summed E-state index contributed by atoms with van der Waals surface area (Å²) >= 11 is 0. The van der Waals surface area contributed by atoms with Crippen LogP contribution < -0.4 is 10.9 Å². The van der Waals surface area contributed by atoms with Crippen LogP contribution in [0, 0.1) is 6.92 Å². The SMILES string of the molecule is COC(=O)c1cc(Nc2nc(C)c3ccc(=O)n(C4CCOCC4)c3n2)cn1C. The Morgan fingerprint density at radius 3 is 2.76 bits per heavy atom. The minimum absolute atomic E-state index is 0.0461. The summed E-state index contributed by atoms with van der Waals surface area (Å²) in [5.74, 6) is -0.0621. The van der Waals surface area contributed by atoms with E-state index in [1.807, 2.05) is 6.92 Å². The lowest BCUT2D eigenvalue weighted by Crippen LogP contribution is -2.29. The van der Waals surface area contributed by atoms with Gasteiger partial charge in [0, 0.05) is 44.0 Å². The van der Waals surface area contributed by atoms with Gasteiger partial charge in [0.2, 0.25) is 5.95 Å². The molecule has 1 aliphatic rings. The number of nitrogens with zero attached hydrogens (tertiary/aromatic N) is 4. The molecule has 152 valence electrons. The van der Waals surface area contributed by atoms with E-state index in [1.54, 1.807) is 40.6 Å². The quantitative estimate of drug-likeness (QED) is 0.674. The minimum atomic E-state index is -0.426. The van der Waals surface area contributed by atoms with Crippen LogP contribution in [0.15, 0.2) is 29.2 Å². The molecule has 0 bridgehead atoms. The van der Waals surface area contributed by atoms with Crippen molar-refractivity contribution < 1.29 is 14.3 Å². The maximum Gasteiger partial charge on any atom is 0.354 e. The highest BCUT2D eigenvalue weighted by atomic mass is 16.5. The number of anilines is 2. The monoisotopic (exact) mass is 397 g/mol. The lowest BCUT2D eigenvalue weighted by molar-refractivity contribution is 0.0590. The summed E-state index contributed by atoms with van der Waals surface area (Å²) in [7, 11) is 3.10. The molecule has 29 heavy (non-hydrogen) atoms. The van der Waals surface area contributed by atoms with Crippen LogP contribution in [-0.4, -0.2) is 45.4 Å². The van der Waals surface area contributed by atoms with Crippen LogP contribution in [0.5, 0.6) is 0 Å². The lowest BCUT2D eigenvalue weighted by atomic mass is 10.1. The molecule has 1 aliphatic heterocycles. The van der Waals surface area contributed by atoms with Crippen molar-refractivity contribution in [3.8, 4) is 0 Å². The molecule has 4 heterocycles. The molecule has 9 nitrogen and oxygen atoms in total. The Kier molecular flexibility index (Phi) is 5.06. The third-order valence-electron chi connectivity index (χ3n) is 5.19. The van der Waals surface area contributed by atoms with E-state index in [4.69, 9.17) is 9.47 Å². The van der Waals surface area contributed by atoms with Crippen molar-refractivity contribution in [1.29, 1.82) is 0 Å². The fourth-order valence-electron chi connectivity index (χ4n) is 3.71. The number of fused-ring (bicyclic) bond motifs is 1. The van der Waals surface area contributed by atoms with Gasteiger partial charge >= 0.3 is 5.97 Å². The van der Waals surface area contributed by atoms with Crippen molar-refractivity contribution in [3.63, 3.8) is 0 Å². The van der Waals surface area contributed by atoms with Crippen LogP contribution in [-0.2, 0) is 16.5 Å². The number of carbonyl (C=O) groups excluding carboxylic acids is 1. The van der Waals surface area contributed by atoms with Gasteiger partial charge in [-0.1, -0.05) is 0 Å². The highest BCUT2D eigenvalue weighted by molar-refractivity contribution is 5.89. The third kappa shape index (κ3) is 3.61. The molecule has 1 fully saturated rings. The van der Waals surface area contributed by atoms with Gasteiger partial charge in [-0.2, -0.15) is 4.98 Å². The molecule has 0 unspecified atom stereocenters. The minimum Gasteiger partial charge on any atom is -0.464 e. The third-order valence-corrected chi connectivity index (χ3v) is 5.19. The van der Waals surface area contributed by atoms with Gasteiger partial charge in [-0.15, -0.1) is 0 Å². The molecule has 0 atom stereocenters. The second-order valence-corrected chi connectivity index (χ2v) is 7.10. The van der Waals surface area contributed by atoms with E-state index in [1.165, 1.54) is 7.11 Å². The fraction of sp³-hybridized carbons (Fsp3) is 0.400. The van der Waals surface area contributed by atoms with Gasteiger partial charge in [0.25, 0.3) is 5.56 Å². The van der Waals surface area contributed by atoms with E-state index in [9.17, 15) is 9.59 Å². The van der Waals surface area contributed by atoms with Crippen molar-refractivity contribution in [1.82, 2.24) is 19.1 Å². The van der Waals surface area contributed by atoms with Gasteiger partial charge in [-0.3, -0.25) is 9.36 Å². The molecular weight excluding hydrogens is 374 g/mol. The average molecular weight is 397 g/mol. The van der Waals surface area contributed by atoms with Crippen molar-refractivity contribution >= 4 is 28.6 Å². The maximum atomic E-state index is 12.7. The number of nitrogens with one attached hydrogen (secondary N) is 1. The molecule has 0 radical (unpaired) electrons. The number of aromatic nitrogens is 4. The van der Waals surface area contributed by atoms with Gasteiger partial charge in [-0.05, 0) is 31.9 Å². The van der Waals surface area contributed by atoms with E-state index in [-0.39, 0.29) is 11.6 Å². The summed E-state index contributed by atoms with van der Waals surface area (Å²) in [4.78, 5) is 33.7. The van der Waals surface area contributed by atoms with E-state index in [0.29, 0.717) is 36.2 Å². The van der Waals surface area contributed by atoms with Gasteiger partial charge in [0.1, 0.15) is 11.3 Å². The Labute approximate surface area is 167 Å². The fourth-order valence-corrected chi connectivity index (χ4v) is 3.71. The van der Waals surface area contributed by atoms with E-state index in [0.717, 1.165) is 23.9 Å². The van der Waals surface area contributed by atoms with Crippen molar-refractivity contribution in [2.45, 2.75) is 25.8 Å². The Balaban J connectivity index is 1.76. The van der Waals surface area contributed by atoms with Crippen molar-refractivity contribution in [2.24, 2.45) is 7.05 Å². The van der Waals surface area contributed by atoms with Crippen LogP contribution in [0.3, 0.4) is 0 Å². The maximum absolute atomic E-state index is 12.7. The normalized spacial score (nSPS) is 14.9. The number of pyridine rings is 1. The first-order valence-electron chi connectivity index (χ1n) is 9.47. The summed E-state index contributed by atoms with van der Waals surface area (Å²) in [6, 6.07) is 5.06. The molecule has 0 amide bonds. The lowest BCUT2D eigenvalue weighted by Gasteiger charge is -2.25. The summed E-state index contributed by atoms with van der Waals surface area (Å²) < 4.78 is 13.6. The predicted octanol–water partition coefficient (Wildman–Crippen LogP) is 2.32. The molecule has 4 rings (SSSR count). The molecular formula is C20H23N5O4. The average Bonchev–Trinajstić information content (AvgIpc) is 3.07. The Bertz CT molecular complexity index is 1130. The first-order chi connectivity index (χ1) is 14.0. The highest BCUT2D eigenvalue weighted by Gasteiger charge is 2.21. The number of aryl methyl sites for hydroxylation is 2. The van der Waals surface area contributed by atoms with E-state index >= 15 is 0 Å². The Morgan fingerprint density at radius 2 is 2.03 bits per heavy atom. The zero-order chi connectivity index (χ0) is 20.5. The van der Waals surface area contributed by atoms with Crippen LogP contribution in [0.4, 0.5) is 11.6 Å². The molecule has 0 aromatic carbocycles. The molecule has 1 saturated heterocycles. The van der Waals surface area contributed by atoms with E-state index in [2.05, 4.69) is 15.3 Å². The first-order valence-corrected chi connectivity index (χ1v) is 9.47. The standard InChI is InChI=1S/C20H23N5O4/c1-12-15-4-5-17(26)25(14-6-8-29-9-7-14)18(15)23-20(21-12)22-13-10-16(19(27)28-3)24(2)11-13/h4-5,10-11,14H,6-9H2,1-3H3,(H,21,22,23). The van der Waals surface area contributed by atoms with Gasteiger partial charge < -0.3 is 19.4 Å². The van der Waals surface area contributed by atoms with Gasteiger partial charge in [-0.25, -0.2) is 9.78 Å². The number of esters is 1. The number of rotatable bonds is 4. The first kappa shape index (κ1) is 19.1. The van der Waals surface area contributed by atoms with Crippen molar-refractivity contribution in [2.75, 3.05) is 25.6 Å². The highest BCUT2D eigenvalue weighted by Crippen LogP contribution is 2.25. The predicted molar refractivity (Wildman–Crippen MR) is 108 cm³/mol. The van der Waals surface area contributed by atoms with Crippen LogP contribution in [0.1, 0.15) is 35.1 Å². The molecule has 0 saturated carbocycles. The molecule has 0 aliphatic carbocycles. The Morgan fingerprint density at radius 1 is 1.28 bits per heavy atom. The zero-order valence-electron chi connectivity index (χ0n) is 16.6. The molecule has 9 heteroatoms. The Hall–Kier alpha value is -3.20. The smallest absolute Gasteiger partial charge is 0.354 e. The van der Waals surface area contributed by atoms with Crippen LogP contribution in [0.25, 0.3) is 11.0 Å². The van der Waals surface area contributed by atoms with Crippen molar-refractivity contribution in [3.05, 3.63) is 46.1 Å². The van der Waals surface area contributed by atoms with Gasteiger partial charge in [0.15, 0.2) is 0 Å². The van der Waals surface area contributed by atoms with Crippen LogP contribution in [0.2, 0.25) is 0 Å². The second-order valence-electron chi connectivity index (χ2n) is 7.10. The topological polar surface area (TPSA) is 100 Å². The second kappa shape index (κ2) is 7.67. The zero-order valence-corrected chi connectivity index (χ0v) is 16.6. The summed E-state index contributed by atoms with van der Waals surface area (Å²) in [6.45, 7) is 3.14. The van der Waals surface area contributed by atoms with Crippen LogP contribution >= 0.6 is 0 Å². The largest absolute Gasteiger partial charge is 0.464 e.